The van der Waals surface area contributed by atoms with Crippen molar-refractivity contribution in [3.05, 3.63) is 21.9 Å². The van der Waals surface area contributed by atoms with Gasteiger partial charge >= 0.3 is 0 Å². The van der Waals surface area contributed by atoms with E-state index >= 15 is 0 Å². The maximum Gasteiger partial charge on any atom is 0.0337 e. The van der Waals surface area contributed by atoms with Crippen molar-refractivity contribution in [2.24, 2.45) is 23.5 Å². The van der Waals surface area contributed by atoms with E-state index in [0.717, 1.165) is 17.8 Å². The molecule has 2 saturated carbocycles. The van der Waals surface area contributed by atoms with Crippen LogP contribution in [0.3, 0.4) is 0 Å². The molecule has 0 aliphatic heterocycles. The van der Waals surface area contributed by atoms with Crippen LogP contribution in [-0.2, 0) is 0 Å². The van der Waals surface area contributed by atoms with Crippen molar-refractivity contribution in [1.29, 1.82) is 0 Å². The first-order valence-corrected chi connectivity index (χ1v) is 6.96. The molecule has 0 aromatic carbocycles. The van der Waals surface area contributed by atoms with Gasteiger partial charge in [-0.25, -0.2) is 0 Å². The Labute approximate surface area is 95.7 Å². The van der Waals surface area contributed by atoms with Gasteiger partial charge in [-0.05, 0) is 54.5 Å². The van der Waals surface area contributed by atoms with E-state index in [2.05, 4.69) is 18.4 Å². The van der Waals surface area contributed by atoms with E-state index in [1.54, 1.807) is 0 Å². The summed E-state index contributed by atoms with van der Waals surface area (Å²) in [7, 11) is 0. The van der Waals surface area contributed by atoms with Crippen molar-refractivity contribution in [1.82, 2.24) is 0 Å². The molecule has 0 radical (unpaired) electrons. The SMILES string of the molecule is Cc1cc(C(N)C2C3CCCCC32)cs1. The van der Waals surface area contributed by atoms with Crippen molar-refractivity contribution < 1.29 is 0 Å². The van der Waals surface area contributed by atoms with Gasteiger partial charge in [-0.1, -0.05) is 12.8 Å². The summed E-state index contributed by atoms with van der Waals surface area (Å²) >= 11 is 1.83. The van der Waals surface area contributed by atoms with Crippen LogP contribution >= 0.6 is 11.3 Å². The lowest BCUT2D eigenvalue weighted by molar-refractivity contribution is 0.480. The van der Waals surface area contributed by atoms with Crippen LogP contribution in [-0.4, -0.2) is 0 Å². The van der Waals surface area contributed by atoms with Crippen molar-refractivity contribution in [2.45, 2.75) is 38.6 Å². The number of hydrogen-bond donors (Lipinski definition) is 1. The van der Waals surface area contributed by atoms with Gasteiger partial charge in [0.25, 0.3) is 0 Å². The number of fused-ring (bicyclic) bond motifs is 1. The number of thiophene rings is 1. The molecule has 1 aromatic heterocycles. The molecule has 0 bridgehead atoms. The predicted molar refractivity (Wildman–Crippen MR) is 64.9 cm³/mol. The summed E-state index contributed by atoms with van der Waals surface area (Å²) in [6.45, 7) is 2.17. The first kappa shape index (κ1) is 9.86. The van der Waals surface area contributed by atoms with Crippen molar-refractivity contribution in [2.75, 3.05) is 0 Å². The van der Waals surface area contributed by atoms with Gasteiger partial charge in [0.05, 0.1) is 0 Å². The van der Waals surface area contributed by atoms with Crippen LogP contribution in [0.2, 0.25) is 0 Å². The van der Waals surface area contributed by atoms with E-state index in [1.165, 1.54) is 36.1 Å². The number of hydrogen-bond acceptors (Lipinski definition) is 2. The summed E-state index contributed by atoms with van der Waals surface area (Å²) in [6.07, 6.45) is 5.75. The fourth-order valence-electron chi connectivity index (χ4n) is 3.44. The van der Waals surface area contributed by atoms with Gasteiger partial charge in [-0.15, -0.1) is 11.3 Å². The first-order chi connectivity index (χ1) is 7.27. The third kappa shape index (κ3) is 1.64. The third-order valence-corrected chi connectivity index (χ3v) is 5.15. The first-order valence-electron chi connectivity index (χ1n) is 6.08. The van der Waals surface area contributed by atoms with E-state index in [-0.39, 0.29) is 0 Å². The summed E-state index contributed by atoms with van der Waals surface area (Å²) in [5.74, 6) is 2.74. The Balaban J connectivity index is 1.73. The van der Waals surface area contributed by atoms with E-state index in [0.29, 0.717) is 6.04 Å². The molecule has 1 aromatic rings. The summed E-state index contributed by atoms with van der Waals surface area (Å²) in [4.78, 5) is 1.39. The lowest BCUT2D eigenvalue weighted by atomic mass is 10.0. The minimum Gasteiger partial charge on any atom is -0.324 e. The molecule has 15 heavy (non-hydrogen) atoms. The molecule has 1 heterocycles. The Hall–Kier alpha value is -0.340. The van der Waals surface area contributed by atoms with Crippen LogP contribution in [0.5, 0.6) is 0 Å². The molecule has 2 aliphatic rings. The van der Waals surface area contributed by atoms with Crippen LogP contribution in [0.4, 0.5) is 0 Å². The lowest BCUT2D eigenvalue weighted by Crippen LogP contribution is -2.13. The Bertz CT molecular complexity index is 345. The Kier molecular flexibility index (Phi) is 2.37. The largest absolute Gasteiger partial charge is 0.324 e. The molecular formula is C13H19NS. The highest BCUT2D eigenvalue weighted by Gasteiger charge is 2.53. The van der Waals surface area contributed by atoms with Gasteiger partial charge in [0.15, 0.2) is 0 Å². The summed E-state index contributed by atoms with van der Waals surface area (Å²) in [6, 6.07) is 2.60. The van der Waals surface area contributed by atoms with Crippen LogP contribution in [0.15, 0.2) is 11.4 Å². The summed E-state index contributed by atoms with van der Waals surface area (Å²) < 4.78 is 0. The van der Waals surface area contributed by atoms with Crippen LogP contribution in [0, 0.1) is 24.7 Å². The molecule has 3 rings (SSSR count). The fraction of sp³-hybridized carbons (Fsp3) is 0.692. The molecule has 1 nitrogen and oxygen atoms in total. The van der Waals surface area contributed by atoms with Gasteiger partial charge < -0.3 is 5.73 Å². The monoisotopic (exact) mass is 221 g/mol. The van der Waals surface area contributed by atoms with E-state index in [9.17, 15) is 0 Å². The van der Waals surface area contributed by atoms with Gasteiger partial charge in [0.1, 0.15) is 0 Å². The quantitative estimate of drug-likeness (QED) is 0.813. The normalized spacial score (nSPS) is 36.0. The Morgan fingerprint density at radius 2 is 2.00 bits per heavy atom. The zero-order chi connectivity index (χ0) is 10.4. The Morgan fingerprint density at radius 3 is 2.53 bits per heavy atom. The van der Waals surface area contributed by atoms with Crippen molar-refractivity contribution in [3.63, 3.8) is 0 Å². The third-order valence-electron chi connectivity index (χ3n) is 4.27. The van der Waals surface area contributed by atoms with Gasteiger partial charge in [-0.2, -0.15) is 0 Å². The number of aryl methyl sites for hydroxylation is 1. The molecule has 0 saturated heterocycles. The molecule has 2 fully saturated rings. The van der Waals surface area contributed by atoms with E-state index in [1.807, 2.05) is 11.3 Å². The molecule has 2 N–H and O–H groups in total. The maximum absolute atomic E-state index is 6.38. The second-order valence-electron chi connectivity index (χ2n) is 5.21. The highest BCUT2D eigenvalue weighted by molar-refractivity contribution is 7.10. The van der Waals surface area contributed by atoms with Crippen molar-refractivity contribution in [3.8, 4) is 0 Å². The molecule has 3 atom stereocenters. The highest BCUT2D eigenvalue weighted by Crippen LogP contribution is 2.59. The molecular weight excluding hydrogens is 202 g/mol. The van der Waals surface area contributed by atoms with Gasteiger partial charge in [0.2, 0.25) is 0 Å². The average Bonchev–Trinajstić information content (AvgIpc) is 2.82. The molecule has 82 valence electrons. The summed E-state index contributed by atoms with van der Waals surface area (Å²) in [5, 5.41) is 2.25. The fourth-order valence-corrected chi connectivity index (χ4v) is 4.19. The summed E-state index contributed by atoms with van der Waals surface area (Å²) in [5.41, 5.74) is 7.77. The van der Waals surface area contributed by atoms with Crippen LogP contribution in [0.25, 0.3) is 0 Å². The predicted octanol–water partition coefficient (Wildman–Crippen LogP) is 3.49. The minimum atomic E-state index is 0.322. The van der Waals surface area contributed by atoms with Gasteiger partial charge in [0, 0.05) is 10.9 Å². The topological polar surface area (TPSA) is 26.0 Å². The van der Waals surface area contributed by atoms with E-state index < -0.39 is 0 Å². The van der Waals surface area contributed by atoms with Crippen LogP contribution in [0.1, 0.15) is 42.2 Å². The zero-order valence-electron chi connectivity index (χ0n) is 9.28. The minimum absolute atomic E-state index is 0.322. The molecule has 2 aliphatic carbocycles. The number of rotatable bonds is 2. The second-order valence-corrected chi connectivity index (χ2v) is 6.32. The number of nitrogens with two attached hydrogens (primary N) is 1. The highest BCUT2D eigenvalue weighted by atomic mass is 32.1. The van der Waals surface area contributed by atoms with Gasteiger partial charge in [-0.3, -0.25) is 0 Å². The standard InChI is InChI=1S/C13H19NS/c1-8-6-9(7-15-8)13(14)12-10-4-2-3-5-11(10)12/h6-7,10-13H,2-5,14H2,1H3. The Morgan fingerprint density at radius 1 is 1.33 bits per heavy atom. The van der Waals surface area contributed by atoms with Crippen LogP contribution < -0.4 is 5.73 Å². The molecule has 0 spiro atoms. The maximum atomic E-state index is 6.38. The molecule has 2 heteroatoms. The van der Waals surface area contributed by atoms with Crippen molar-refractivity contribution >= 4 is 11.3 Å². The average molecular weight is 221 g/mol. The molecule has 3 unspecified atom stereocenters. The smallest absolute Gasteiger partial charge is 0.0337 e. The molecule has 0 amide bonds. The zero-order valence-corrected chi connectivity index (χ0v) is 10.1. The lowest BCUT2D eigenvalue weighted by Gasteiger charge is -2.08. The second kappa shape index (κ2) is 3.60. The van der Waals surface area contributed by atoms with E-state index in [4.69, 9.17) is 5.73 Å².